The number of rotatable bonds is 5. The van der Waals surface area contributed by atoms with E-state index in [1.54, 1.807) is 40.1 Å². The predicted octanol–water partition coefficient (Wildman–Crippen LogP) is 3.50. The van der Waals surface area contributed by atoms with Crippen molar-refractivity contribution in [1.29, 1.82) is 0 Å². The lowest BCUT2D eigenvalue weighted by Gasteiger charge is -2.09. The lowest BCUT2D eigenvalue weighted by Crippen LogP contribution is -2.21. The van der Waals surface area contributed by atoms with E-state index in [-0.39, 0.29) is 24.0 Å². The lowest BCUT2D eigenvalue weighted by molar-refractivity contribution is 0.0527. The Kier molecular flexibility index (Phi) is 6.15. The van der Waals surface area contributed by atoms with Crippen molar-refractivity contribution in [2.45, 2.75) is 20.8 Å². The number of aryl methyl sites for hydroxylation is 1. The molecular formula is C19H22N2O4S. The molecule has 2 rings (SSSR count). The summed E-state index contributed by atoms with van der Waals surface area (Å²) in [6.45, 7) is 5.52. The number of carbonyl (C=O) groups is 3. The van der Waals surface area contributed by atoms with E-state index in [9.17, 15) is 14.4 Å². The summed E-state index contributed by atoms with van der Waals surface area (Å²) in [6.07, 6.45) is 0. The number of anilines is 1. The second kappa shape index (κ2) is 8.14. The Labute approximate surface area is 156 Å². The number of amides is 2. The molecule has 0 saturated carbocycles. The van der Waals surface area contributed by atoms with Crippen LogP contribution >= 0.6 is 11.3 Å². The smallest absolute Gasteiger partial charge is 0.341 e. The standard InChI is InChI=1S/C19H22N2O4S/c1-6-25-19(24)14-12(3)15(18(23)21(4)5)26-17(14)20-16(22)13-9-7-11(2)8-10-13/h7-10H,6H2,1-5H3,(H,20,22). The quantitative estimate of drug-likeness (QED) is 0.813. The first-order valence-electron chi connectivity index (χ1n) is 8.16. The maximum atomic E-state index is 12.5. The highest BCUT2D eigenvalue weighted by Crippen LogP contribution is 2.34. The van der Waals surface area contributed by atoms with Crippen LogP contribution < -0.4 is 5.32 Å². The minimum atomic E-state index is -0.557. The molecule has 6 nitrogen and oxygen atoms in total. The number of nitrogens with one attached hydrogen (secondary N) is 1. The van der Waals surface area contributed by atoms with Gasteiger partial charge in [0.25, 0.3) is 11.8 Å². The van der Waals surface area contributed by atoms with Crippen LogP contribution in [-0.4, -0.2) is 43.4 Å². The number of nitrogens with zero attached hydrogens (tertiary/aromatic N) is 1. The summed E-state index contributed by atoms with van der Waals surface area (Å²) in [5, 5.41) is 3.07. The Bertz CT molecular complexity index is 838. The second-order valence-electron chi connectivity index (χ2n) is 6.00. The number of hydrogen-bond acceptors (Lipinski definition) is 5. The summed E-state index contributed by atoms with van der Waals surface area (Å²) < 4.78 is 5.10. The lowest BCUT2D eigenvalue weighted by atomic mass is 10.1. The fourth-order valence-corrected chi connectivity index (χ4v) is 3.55. The fourth-order valence-electron chi connectivity index (χ4n) is 2.34. The third kappa shape index (κ3) is 4.11. The normalized spacial score (nSPS) is 10.3. The monoisotopic (exact) mass is 374 g/mol. The van der Waals surface area contributed by atoms with E-state index < -0.39 is 5.97 Å². The van der Waals surface area contributed by atoms with E-state index in [0.717, 1.165) is 16.9 Å². The van der Waals surface area contributed by atoms with Gasteiger partial charge in [-0.05, 0) is 38.5 Å². The van der Waals surface area contributed by atoms with Crippen LogP contribution in [0.5, 0.6) is 0 Å². The van der Waals surface area contributed by atoms with Crippen LogP contribution in [0.2, 0.25) is 0 Å². The first-order chi connectivity index (χ1) is 12.3. The number of hydrogen-bond donors (Lipinski definition) is 1. The average Bonchev–Trinajstić information content (AvgIpc) is 2.90. The molecule has 0 aliphatic heterocycles. The van der Waals surface area contributed by atoms with Crippen molar-refractivity contribution < 1.29 is 19.1 Å². The van der Waals surface area contributed by atoms with Crippen molar-refractivity contribution in [3.63, 3.8) is 0 Å². The maximum Gasteiger partial charge on any atom is 0.341 e. The van der Waals surface area contributed by atoms with Gasteiger partial charge in [0.2, 0.25) is 0 Å². The predicted molar refractivity (Wildman–Crippen MR) is 102 cm³/mol. The number of ether oxygens (including phenoxy) is 1. The van der Waals surface area contributed by atoms with Crippen LogP contribution in [0.4, 0.5) is 5.00 Å². The minimum absolute atomic E-state index is 0.205. The molecule has 2 aromatic rings. The largest absolute Gasteiger partial charge is 0.462 e. The molecule has 138 valence electrons. The van der Waals surface area contributed by atoms with Crippen LogP contribution in [0.1, 0.15) is 48.4 Å². The van der Waals surface area contributed by atoms with E-state index in [1.165, 1.54) is 4.90 Å². The van der Waals surface area contributed by atoms with Gasteiger partial charge in [-0.2, -0.15) is 0 Å². The summed E-state index contributed by atoms with van der Waals surface area (Å²) in [6, 6.07) is 7.09. The first-order valence-corrected chi connectivity index (χ1v) is 8.98. The summed E-state index contributed by atoms with van der Waals surface area (Å²) in [5.74, 6) is -1.13. The van der Waals surface area contributed by atoms with Crippen LogP contribution in [0.25, 0.3) is 0 Å². The summed E-state index contributed by atoms with van der Waals surface area (Å²) in [4.78, 5) is 39.1. The zero-order valence-electron chi connectivity index (χ0n) is 15.5. The van der Waals surface area contributed by atoms with E-state index in [2.05, 4.69) is 5.32 Å². The summed E-state index contributed by atoms with van der Waals surface area (Å²) in [7, 11) is 3.27. The van der Waals surface area contributed by atoms with Crippen molar-refractivity contribution in [3.05, 3.63) is 51.4 Å². The molecule has 0 aliphatic carbocycles. The highest BCUT2D eigenvalue weighted by molar-refractivity contribution is 7.18. The molecule has 26 heavy (non-hydrogen) atoms. The fraction of sp³-hybridized carbons (Fsp3) is 0.316. The van der Waals surface area contributed by atoms with Gasteiger partial charge >= 0.3 is 5.97 Å². The number of esters is 1. The molecule has 1 N–H and O–H groups in total. The highest BCUT2D eigenvalue weighted by atomic mass is 32.1. The molecule has 0 aliphatic rings. The topological polar surface area (TPSA) is 75.7 Å². The maximum absolute atomic E-state index is 12.5. The Morgan fingerprint density at radius 2 is 1.73 bits per heavy atom. The molecule has 2 amide bonds. The van der Waals surface area contributed by atoms with Crippen LogP contribution in [0.3, 0.4) is 0 Å². The molecule has 0 unspecified atom stereocenters. The van der Waals surface area contributed by atoms with Gasteiger partial charge in [0, 0.05) is 19.7 Å². The van der Waals surface area contributed by atoms with Gasteiger partial charge in [-0.1, -0.05) is 17.7 Å². The van der Waals surface area contributed by atoms with Crippen molar-refractivity contribution in [2.75, 3.05) is 26.0 Å². The second-order valence-corrected chi connectivity index (χ2v) is 7.02. The Morgan fingerprint density at radius 3 is 2.27 bits per heavy atom. The highest BCUT2D eigenvalue weighted by Gasteiger charge is 2.27. The molecule has 0 spiro atoms. The zero-order valence-corrected chi connectivity index (χ0v) is 16.3. The van der Waals surface area contributed by atoms with E-state index in [1.807, 2.05) is 19.1 Å². The minimum Gasteiger partial charge on any atom is -0.462 e. The molecule has 0 bridgehead atoms. The van der Waals surface area contributed by atoms with Crippen LogP contribution in [-0.2, 0) is 4.74 Å². The number of carbonyl (C=O) groups excluding carboxylic acids is 3. The third-order valence-electron chi connectivity index (χ3n) is 3.77. The molecular weight excluding hydrogens is 352 g/mol. The molecule has 1 aromatic heterocycles. The summed E-state index contributed by atoms with van der Waals surface area (Å²) in [5.41, 5.74) is 2.24. The van der Waals surface area contributed by atoms with Crippen LogP contribution in [0, 0.1) is 13.8 Å². The molecule has 0 saturated heterocycles. The first kappa shape index (κ1) is 19.7. The van der Waals surface area contributed by atoms with Crippen molar-refractivity contribution in [3.8, 4) is 0 Å². The Hall–Kier alpha value is -2.67. The van der Waals surface area contributed by atoms with Gasteiger partial charge in [-0.15, -0.1) is 11.3 Å². The summed E-state index contributed by atoms with van der Waals surface area (Å²) >= 11 is 1.08. The van der Waals surface area contributed by atoms with Gasteiger partial charge in [0.15, 0.2) is 0 Å². The van der Waals surface area contributed by atoms with Crippen LogP contribution in [0.15, 0.2) is 24.3 Å². The van der Waals surface area contributed by atoms with Gasteiger partial charge in [0.05, 0.1) is 17.0 Å². The molecule has 0 radical (unpaired) electrons. The molecule has 7 heteroatoms. The van der Waals surface area contributed by atoms with E-state index >= 15 is 0 Å². The molecule has 0 fully saturated rings. The Morgan fingerprint density at radius 1 is 1.12 bits per heavy atom. The molecule has 0 atom stereocenters. The zero-order chi connectivity index (χ0) is 19.4. The van der Waals surface area contributed by atoms with Crippen molar-refractivity contribution >= 4 is 34.1 Å². The average molecular weight is 374 g/mol. The molecule has 1 aromatic carbocycles. The van der Waals surface area contributed by atoms with Gasteiger partial charge < -0.3 is 15.0 Å². The van der Waals surface area contributed by atoms with Gasteiger partial charge in [0.1, 0.15) is 5.00 Å². The SMILES string of the molecule is CCOC(=O)c1c(NC(=O)c2ccc(C)cc2)sc(C(=O)N(C)C)c1C. The van der Waals surface area contributed by atoms with Crippen molar-refractivity contribution in [2.24, 2.45) is 0 Å². The van der Waals surface area contributed by atoms with Gasteiger partial charge in [-0.3, -0.25) is 9.59 Å². The Balaban J connectivity index is 2.43. The molecule has 1 heterocycles. The van der Waals surface area contributed by atoms with Gasteiger partial charge in [-0.25, -0.2) is 4.79 Å². The number of benzene rings is 1. The van der Waals surface area contributed by atoms with Crippen molar-refractivity contribution in [1.82, 2.24) is 4.90 Å². The number of thiophene rings is 1. The van der Waals surface area contributed by atoms with E-state index in [4.69, 9.17) is 4.74 Å². The third-order valence-corrected chi connectivity index (χ3v) is 4.96. The van der Waals surface area contributed by atoms with E-state index in [0.29, 0.717) is 21.0 Å².